The van der Waals surface area contributed by atoms with Crippen molar-refractivity contribution in [3.63, 3.8) is 0 Å². The van der Waals surface area contributed by atoms with E-state index in [-0.39, 0.29) is 39.1 Å². The van der Waals surface area contributed by atoms with Gasteiger partial charge in [0.1, 0.15) is 0 Å². The Kier molecular flexibility index (Phi) is 22.9. The molecule has 0 aliphatic heterocycles. The Morgan fingerprint density at radius 2 is 1.71 bits per heavy atom. The van der Waals surface area contributed by atoms with Crippen LogP contribution in [0.4, 0.5) is 0 Å². The number of rotatable bonds is 3. The second-order valence-electron chi connectivity index (χ2n) is 2.48. The van der Waals surface area contributed by atoms with E-state index in [0.29, 0.717) is 6.42 Å². The van der Waals surface area contributed by atoms with Crippen LogP contribution in [-0.2, 0) is 43.9 Å². The van der Waals surface area contributed by atoms with Crippen molar-refractivity contribution in [1.29, 1.82) is 0 Å². The Labute approximate surface area is 129 Å². The fraction of sp³-hybridized carbons (Fsp3) is 0.308. The maximum atomic E-state index is 10.6. The van der Waals surface area contributed by atoms with Gasteiger partial charge in [-0.2, -0.15) is 0 Å². The van der Waals surface area contributed by atoms with Crippen molar-refractivity contribution in [3.8, 4) is 0 Å². The number of amides is 1. The topological polar surface area (TPSA) is 51.4 Å². The number of hydrogen-bond acceptors (Lipinski definition) is 2. The first kappa shape index (κ1) is 21.7. The maximum absolute atomic E-state index is 10.6. The minimum absolute atomic E-state index is 0. The predicted molar refractivity (Wildman–Crippen MR) is 67.5 cm³/mol. The monoisotopic (exact) mass is 311 g/mol. The van der Waals surface area contributed by atoms with Crippen LogP contribution in [0.5, 0.6) is 0 Å². The smallest absolute Gasteiger partial charge is 0.0714 e. The number of hydrogen-bond donors (Lipinski definition) is 1. The van der Waals surface area contributed by atoms with E-state index >= 15 is 0 Å². The van der Waals surface area contributed by atoms with Crippen molar-refractivity contribution in [2.45, 2.75) is 26.7 Å². The molecule has 3 nitrogen and oxygen atoms in total. The van der Waals surface area contributed by atoms with Gasteiger partial charge < -0.3 is 15.5 Å². The molecular weight excluding hydrogens is 291 g/mol. The molecule has 0 saturated heterocycles. The van der Waals surface area contributed by atoms with E-state index in [9.17, 15) is 4.79 Å². The molecule has 1 amide bonds. The van der Waals surface area contributed by atoms with Gasteiger partial charge in [0, 0.05) is 32.7 Å². The SMILES string of the molecule is C=C.CC.O=C(CCc1ccccc1)[N-]O.[Y]. The number of aryl methyl sites for hydroxylation is 1. The standard InChI is InChI=1S/C9H11NO2.C2H6.C2H4.Y/c11-9(10-12)7-6-8-4-2-1-3-5-8;2*1-2;/h1-5H,6-7H2,(H2,10,11,12);1-2H3;1-2H2;/p-1. The molecule has 1 aromatic rings. The number of benzene rings is 1. The second-order valence-corrected chi connectivity index (χ2v) is 2.48. The summed E-state index contributed by atoms with van der Waals surface area (Å²) < 4.78 is 0. The third-order valence-corrected chi connectivity index (χ3v) is 1.58. The van der Waals surface area contributed by atoms with Gasteiger partial charge in [0.2, 0.25) is 0 Å². The molecule has 1 aromatic carbocycles. The van der Waals surface area contributed by atoms with Gasteiger partial charge in [0.25, 0.3) is 0 Å². The van der Waals surface area contributed by atoms with Crippen molar-refractivity contribution in [2.75, 3.05) is 0 Å². The van der Waals surface area contributed by atoms with E-state index in [4.69, 9.17) is 5.21 Å². The van der Waals surface area contributed by atoms with Gasteiger partial charge in [-0.15, -0.1) is 13.2 Å². The van der Waals surface area contributed by atoms with Crippen molar-refractivity contribution in [2.24, 2.45) is 0 Å². The average molecular weight is 311 g/mol. The quantitative estimate of drug-likeness (QED) is 0.525. The Morgan fingerprint density at radius 1 is 1.24 bits per heavy atom. The first-order valence-corrected chi connectivity index (χ1v) is 5.25. The molecular formula is C13H20NO2Y-. The van der Waals surface area contributed by atoms with Crippen LogP contribution in [0.15, 0.2) is 43.5 Å². The van der Waals surface area contributed by atoms with Crippen LogP contribution in [0.1, 0.15) is 25.8 Å². The zero-order chi connectivity index (χ0) is 12.8. The summed E-state index contributed by atoms with van der Waals surface area (Å²) in [6.45, 7) is 10.0. The summed E-state index contributed by atoms with van der Waals surface area (Å²) in [5, 5.41) is 8.09. The van der Waals surface area contributed by atoms with Crippen LogP contribution in [0.2, 0.25) is 0 Å². The van der Waals surface area contributed by atoms with E-state index in [2.05, 4.69) is 18.6 Å². The second kappa shape index (κ2) is 17.9. The number of hydroxylamine groups is 1. The van der Waals surface area contributed by atoms with Gasteiger partial charge in [0.15, 0.2) is 0 Å². The third-order valence-electron chi connectivity index (χ3n) is 1.58. The number of carbonyl (C=O) groups excluding carboxylic acids is 1. The third kappa shape index (κ3) is 13.4. The summed E-state index contributed by atoms with van der Waals surface area (Å²) in [6, 6.07) is 9.61. The molecule has 17 heavy (non-hydrogen) atoms. The number of carbonyl (C=O) groups is 1. The average Bonchev–Trinajstić information content (AvgIpc) is 2.41. The van der Waals surface area contributed by atoms with Gasteiger partial charge in [-0.05, 0) is 18.4 Å². The van der Waals surface area contributed by atoms with E-state index in [1.165, 1.54) is 0 Å². The van der Waals surface area contributed by atoms with Crippen molar-refractivity contribution >= 4 is 5.91 Å². The zero-order valence-electron chi connectivity index (χ0n) is 10.6. The Bertz CT molecular complexity index is 265. The van der Waals surface area contributed by atoms with Gasteiger partial charge in [-0.25, -0.2) is 0 Å². The van der Waals surface area contributed by atoms with Crippen LogP contribution in [0.3, 0.4) is 0 Å². The Morgan fingerprint density at radius 3 is 2.12 bits per heavy atom. The van der Waals surface area contributed by atoms with Crippen LogP contribution < -0.4 is 0 Å². The van der Waals surface area contributed by atoms with Gasteiger partial charge in [0.05, 0.1) is 5.91 Å². The van der Waals surface area contributed by atoms with Gasteiger partial charge in [-0.3, -0.25) is 0 Å². The molecule has 93 valence electrons. The number of nitrogens with zero attached hydrogens (tertiary/aromatic N) is 1. The summed E-state index contributed by atoms with van der Waals surface area (Å²) in [7, 11) is 0. The first-order chi connectivity index (χ1) is 7.83. The maximum Gasteiger partial charge on any atom is 0.0714 e. The summed E-state index contributed by atoms with van der Waals surface area (Å²) in [5.41, 5.74) is 3.64. The van der Waals surface area contributed by atoms with E-state index in [1.54, 1.807) is 0 Å². The van der Waals surface area contributed by atoms with Crippen molar-refractivity contribution < 1.29 is 42.7 Å². The molecule has 0 unspecified atom stereocenters. The molecule has 0 saturated carbocycles. The minimum Gasteiger partial charge on any atom is -0.534 e. The Hall–Kier alpha value is -0.506. The molecule has 0 aliphatic carbocycles. The molecule has 0 fully saturated rings. The summed E-state index contributed by atoms with van der Waals surface area (Å²) in [4.78, 5) is 10.6. The molecule has 0 aliphatic rings. The van der Waals surface area contributed by atoms with Crippen LogP contribution >= 0.6 is 0 Å². The molecule has 0 aromatic heterocycles. The summed E-state index contributed by atoms with van der Waals surface area (Å²) >= 11 is 0. The van der Waals surface area contributed by atoms with Crippen LogP contribution in [-0.4, -0.2) is 11.1 Å². The summed E-state index contributed by atoms with van der Waals surface area (Å²) in [5.74, 6) is -0.473. The first-order valence-electron chi connectivity index (χ1n) is 5.25. The zero-order valence-corrected chi connectivity index (χ0v) is 13.4. The fourth-order valence-electron chi connectivity index (χ4n) is 0.946. The molecule has 1 rings (SSSR count). The van der Waals surface area contributed by atoms with Crippen molar-refractivity contribution in [3.05, 3.63) is 54.5 Å². The normalized spacial score (nSPS) is 7.24. The van der Waals surface area contributed by atoms with Crippen LogP contribution in [0.25, 0.3) is 5.48 Å². The largest absolute Gasteiger partial charge is 0.534 e. The van der Waals surface area contributed by atoms with Crippen molar-refractivity contribution in [1.82, 2.24) is 0 Å². The van der Waals surface area contributed by atoms with E-state index in [1.807, 2.05) is 44.2 Å². The minimum atomic E-state index is -0.473. The molecule has 0 bridgehead atoms. The molecule has 0 spiro atoms. The predicted octanol–water partition coefficient (Wildman–Crippen LogP) is 3.73. The van der Waals surface area contributed by atoms with Crippen LogP contribution in [0, 0.1) is 0 Å². The van der Waals surface area contributed by atoms with Gasteiger partial charge in [-0.1, -0.05) is 44.2 Å². The fourth-order valence-corrected chi connectivity index (χ4v) is 0.946. The molecule has 1 N–H and O–H groups in total. The molecule has 0 atom stereocenters. The van der Waals surface area contributed by atoms with E-state index < -0.39 is 5.91 Å². The molecule has 4 heteroatoms. The van der Waals surface area contributed by atoms with E-state index in [0.717, 1.165) is 5.56 Å². The molecule has 1 radical (unpaired) electrons. The van der Waals surface area contributed by atoms with Gasteiger partial charge >= 0.3 is 0 Å². The molecule has 0 heterocycles. The summed E-state index contributed by atoms with van der Waals surface area (Å²) in [6.07, 6.45) is 0.893. The Balaban J connectivity index is -0.000000355.